The summed E-state index contributed by atoms with van der Waals surface area (Å²) < 4.78 is 0. The van der Waals surface area contributed by atoms with Crippen molar-refractivity contribution in [1.82, 2.24) is 5.32 Å². The van der Waals surface area contributed by atoms with E-state index in [2.05, 4.69) is 18.0 Å². The highest BCUT2D eigenvalue weighted by Crippen LogP contribution is 2.19. The van der Waals surface area contributed by atoms with Crippen molar-refractivity contribution in [3.05, 3.63) is 48.0 Å². The molecule has 1 N–H and O–H groups in total. The smallest absolute Gasteiger partial charge is 0.221 e. The first-order valence-corrected chi connectivity index (χ1v) is 5.51. The van der Waals surface area contributed by atoms with Gasteiger partial charge in [-0.05, 0) is 12.5 Å². The Labute approximate surface area is 102 Å². The SMILES string of the molecule is C=CCNC(=O)CC(C#N)c1ccc(C)cc1. The van der Waals surface area contributed by atoms with Crippen molar-refractivity contribution in [1.29, 1.82) is 5.26 Å². The Bertz CT molecular complexity index is 429. The third kappa shape index (κ3) is 4.12. The van der Waals surface area contributed by atoms with Crippen molar-refractivity contribution >= 4 is 5.91 Å². The summed E-state index contributed by atoms with van der Waals surface area (Å²) in [5.41, 5.74) is 2.02. The highest BCUT2D eigenvalue weighted by molar-refractivity contribution is 5.77. The minimum atomic E-state index is -0.389. The van der Waals surface area contributed by atoms with Gasteiger partial charge in [-0.1, -0.05) is 35.9 Å². The van der Waals surface area contributed by atoms with Gasteiger partial charge < -0.3 is 5.32 Å². The predicted octanol–water partition coefficient (Wildman–Crippen LogP) is 2.29. The van der Waals surface area contributed by atoms with Crippen molar-refractivity contribution < 1.29 is 4.79 Å². The Morgan fingerprint density at radius 3 is 2.71 bits per heavy atom. The van der Waals surface area contributed by atoms with Crippen LogP contribution in [0.1, 0.15) is 23.5 Å². The molecule has 1 amide bonds. The standard InChI is InChI=1S/C14H16N2O/c1-3-8-16-14(17)9-13(10-15)12-6-4-11(2)5-7-12/h3-7,13H,1,8-9H2,2H3,(H,16,17). The quantitative estimate of drug-likeness (QED) is 0.786. The second-order valence-electron chi connectivity index (χ2n) is 3.89. The van der Waals surface area contributed by atoms with Crippen LogP contribution in [0.5, 0.6) is 0 Å². The van der Waals surface area contributed by atoms with Crippen LogP contribution >= 0.6 is 0 Å². The maximum absolute atomic E-state index is 11.5. The second kappa shape index (κ2) is 6.49. The Balaban J connectivity index is 2.66. The molecular formula is C14H16N2O. The molecule has 1 unspecified atom stereocenters. The third-order valence-corrected chi connectivity index (χ3v) is 2.47. The van der Waals surface area contributed by atoms with Gasteiger partial charge in [-0.15, -0.1) is 6.58 Å². The highest BCUT2D eigenvalue weighted by Gasteiger charge is 2.14. The van der Waals surface area contributed by atoms with Crippen LogP contribution < -0.4 is 5.32 Å². The van der Waals surface area contributed by atoms with Crippen LogP contribution in [0.3, 0.4) is 0 Å². The normalized spacial score (nSPS) is 11.3. The van der Waals surface area contributed by atoms with Crippen molar-refractivity contribution in [2.45, 2.75) is 19.3 Å². The number of carbonyl (C=O) groups is 1. The molecule has 0 saturated carbocycles. The van der Waals surface area contributed by atoms with Crippen LogP contribution in [0, 0.1) is 18.3 Å². The molecule has 0 bridgehead atoms. The van der Waals surface area contributed by atoms with E-state index >= 15 is 0 Å². The number of nitrogens with zero attached hydrogens (tertiary/aromatic N) is 1. The lowest BCUT2D eigenvalue weighted by molar-refractivity contribution is -0.121. The summed E-state index contributed by atoms with van der Waals surface area (Å²) in [6.07, 6.45) is 1.80. The number of nitrogens with one attached hydrogen (secondary N) is 1. The number of hydrogen-bond donors (Lipinski definition) is 1. The van der Waals surface area contributed by atoms with E-state index < -0.39 is 0 Å². The van der Waals surface area contributed by atoms with E-state index in [1.165, 1.54) is 0 Å². The first-order chi connectivity index (χ1) is 8.17. The van der Waals surface area contributed by atoms with E-state index in [9.17, 15) is 4.79 Å². The lowest BCUT2D eigenvalue weighted by Crippen LogP contribution is -2.24. The number of hydrogen-bond acceptors (Lipinski definition) is 2. The summed E-state index contributed by atoms with van der Waals surface area (Å²) >= 11 is 0. The summed E-state index contributed by atoms with van der Waals surface area (Å²) in [6.45, 7) is 5.94. The molecule has 0 aliphatic rings. The van der Waals surface area contributed by atoms with Gasteiger partial charge in [0.1, 0.15) is 0 Å². The van der Waals surface area contributed by atoms with Gasteiger partial charge in [0.25, 0.3) is 0 Å². The number of aryl methyl sites for hydroxylation is 1. The van der Waals surface area contributed by atoms with Crippen LogP contribution in [-0.4, -0.2) is 12.5 Å². The molecule has 3 nitrogen and oxygen atoms in total. The maximum Gasteiger partial charge on any atom is 0.221 e. The molecule has 0 radical (unpaired) electrons. The fraction of sp³-hybridized carbons (Fsp3) is 0.286. The fourth-order valence-corrected chi connectivity index (χ4v) is 1.48. The molecule has 1 rings (SSSR count). The van der Waals surface area contributed by atoms with Crippen molar-refractivity contribution in [3.63, 3.8) is 0 Å². The summed E-state index contributed by atoms with van der Waals surface area (Å²) in [4.78, 5) is 11.5. The monoisotopic (exact) mass is 228 g/mol. The minimum Gasteiger partial charge on any atom is -0.353 e. The Morgan fingerprint density at radius 1 is 1.53 bits per heavy atom. The Morgan fingerprint density at radius 2 is 2.18 bits per heavy atom. The van der Waals surface area contributed by atoms with Crippen LogP contribution in [0.4, 0.5) is 0 Å². The minimum absolute atomic E-state index is 0.128. The zero-order valence-corrected chi connectivity index (χ0v) is 9.94. The maximum atomic E-state index is 11.5. The average Bonchev–Trinajstić information content (AvgIpc) is 2.34. The summed E-state index contributed by atoms with van der Waals surface area (Å²) in [7, 11) is 0. The molecule has 0 spiro atoms. The number of rotatable bonds is 5. The van der Waals surface area contributed by atoms with E-state index in [0.717, 1.165) is 11.1 Å². The lowest BCUT2D eigenvalue weighted by atomic mass is 9.96. The zero-order valence-electron chi connectivity index (χ0n) is 9.94. The number of amides is 1. The molecule has 0 aromatic heterocycles. The van der Waals surface area contributed by atoms with Crippen LogP contribution in [0.15, 0.2) is 36.9 Å². The van der Waals surface area contributed by atoms with Crippen molar-refractivity contribution in [2.75, 3.05) is 6.54 Å². The highest BCUT2D eigenvalue weighted by atomic mass is 16.1. The van der Waals surface area contributed by atoms with E-state index in [1.807, 2.05) is 31.2 Å². The molecule has 17 heavy (non-hydrogen) atoms. The van der Waals surface area contributed by atoms with Crippen molar-refractivity contribution in [2.24, 2.45) is 0 Å². The summed E-state index contributed by atoms with van der Waals surface area (Å²) in [5.74, 6) is -0.516. The molecule has 0 aliphatic carbocycles. The van der Waals surface area contributed by atoms with Gasteiger partial charge in [-0.3, -0.25) is 4.79 Å². The van der Waals surface area contributed by atoms with Gasteiger partial charge in [0.05, 0.1) is 12.0 Å². The van der Waals surface area contributed by atoms with Gasteiger partial charge in [0.2, 0.25) is 5.91 Å². The first-order valence-electron chi connectivity index (χ1n) is 5.51. The Kier molecular flexibility index (Phi) is 4.96. The largest absolute Gasteiger partial charge is 0.353 e. The molecule has 1 aromatic rings. The molecule has 0 fully saturated rings. The topological polar surface area (TPSA) is 52.9 Å². The van der Waals surface area contributed by atoms with Gasteiger partial charge in [0.15, 0.2) is 0 Å². The average molecular weight is 228 g/mol. The van der Waals surface area contributed by atoms with Crippen LogP contribution in [-0.2, 0) is 4.79 Å². The summed E-state index contributed by atoms with van der Waals surface area (Å²) in [5, 5.41) is 11.7. The van der Waals surface area contributed by atoms with Gasteiger partial charge in [-0.2, -0.15) is 5.26 Å². The number of benzene rings is 1. The zero-order chi connectivity index (χ0) is 12.7. The predicted molar refractivity (Wildman–Crippen MR) is 67.4 cm³/mol. The molecule has 88 valence electrons. The fourth-order valence-electron chi connectivity index (χ4n) is 1.48. The van der Waals surface area contributed by atoms with Crippen LogP contribution in [0.2, 0.25) is 0 Å². The molecule has 0 heterocycles. The second-order valence-corrected chi connectivity index (χ2v) is 3.89. The van der Waals surface area contributed by atoms with Crippen molar-refractivity contribution in [3.8, 4) is 6.07 Å². The molecule has 0 aliphatic heterocycles. The van der Waals surface area contributed by atoms with E-state index in [1.54, 1.807) is 6.08 Å². The van der Waals surface area contributed by atoms with E-state index in [0.29, 0.717) is 6.54 Å². The van der Waals surface area contributed by atoms with E-state index in [-0.39, 0.29) is 18.2 Å². The molecule has 1 atom stereocenters. The van der Waals surface area contributed by atoms with Crippen LogP contribution in [0.25, 0.3) is 0 Å². The lowest BCUT2D eigenvalue weighted by Gasteiger charge is -2.09. The number of carbonyl (C=O) groups excluding carboxylic acids is 1. The third-order valence-electron chi connectivity index (χ3n) is 2.47. The molecule has 3 heteroatoms. The molecule has 1 aromatic carbocycles. The molecule has 0 saturated heterocycles. The van der Waals surface area contributed by atoms with E-state index in [4.69, 9.17) is 5.26 Å². The van der Waals surface area contributed by atoms with Gasteiger partial charge in [-0.25, -0.2) is 0 Å². The number of nitriles is 1. The Hall–Kier alpha value is -2.08. The molecular weight excluding hydrogens is 212 g/mol. The van der Waals surface area contributed by atoms with Gasteiger partial charge in [0, 0.05) is 13.0 Å². The summed E-state index contributed by atoms with van der Waals surface area (Å²) in [6, 6.07) is 9.84. The van der Waals surface area contributed by atoms with Gasteiger partial charge >= 0.3 is 0 Å². The first kappa shape index (κ1) is 13.0.